The van der Waals surface area contributed by atoms with Gasteiger partial charge >= 0.3 is 0 Å². The minimum absolute atomic E-state index is 0.0552. The molecule has 0 spiro atoms. The molecule has 1 amide bonds. The summed E-state index contributed by atoms with van der Waals surface area (Å²) in [4.78, 5) is 24.6. The third-order valence-corrected chi connectivity index (χ3v) is 3.80. The van der Waals surface area contributed by atoms with E-state index >= 15 is 0 Å². The Morgan fingerprint density at radius 2 is 1.91 bits per heavy atom. The van der Waals surface area contributed by atoms with Crippen molar-refractivity contribution in [3.8, 4) is 0 Å². The van der Waals surface area contributed by atoms with Crippen molar-refractivity contribution in [1.29, 1.82) is 0 Å². The van der Waals surface area contributed by atoms with Crippen molar-refractivity contribution in [3.05, 3.63) is 81.3 Å². The Hall–Kier alpha value is -3.02. The highest BCUT2D eigenvalue weighted by molar-refractivity contribution is 6.32. The summed E-state index contributed by atoms with van der Waals surface area (Å²) in [6.45, 7) is 1.53. The van der Waals surface area contributed by atoms with Crippen molar-refractivity contribution in [2.75, 3.05) is 4.90 Å². The lowest BCUT2D eigenvalue weighted by molar-refractivity contribution is -0.423. The predicted octanol–water partition coefficient (Wildman–Crippen LogP) is 3.38. The molecule has 0 N–H and O–H groups in total. The van der Waals surface area contributed by atoms with E-state index in [0.717, 1.165) is 5.56 Å². The van der Waals surface area contributed by atoms with Crippen LogP contribution in [0.15, 0.2) is 54.2 Å². The Labute approximate surface area is 131 Å². The van der Waals surface area contributed by atoms with Crippen molar-refractivity contribution in [2.45, 2.75) is 13.5 Å². The molecule has 3 rings (SSSR count). The zero-order chi connectivity index (χ0) is 16.6. The number of nitrogens with zero attached hydrogens (tertiary/aromatic N) is 2. The smallest absolute Gasteiger partial charge is 0.265 e. The lowest BCUT2D eigenvalue weighted by Gasteiger charge is -2.17. The van der Waals surface area contributed by atoms with E-state index in [1.807, 2.05) is 30.3 Å². The number of benzene rings is 2. The Kier molecular flexibility index (Phi) is 3.65. The molecule has 0 saturated carbocycles. The zero-order valence-corrected chi connectivity index (χ0v) is 12.3. The van der Waals surface area contributed by atoms with Gasteiger partial charge in [-0.05, 0) is 23.8 Å². The lowest BCUT2D eigenvalue weighted by Crippen LogP contribution is -2.26. The fraction of sp³-hybridized carbons (Fsp3) is 0.118. The van der Waals surface area contributed by atoms with Gasteiger partial charge in [-0.15, -0.1) is 0 Å². The number of anilines is 1. The monoisotopic (exact) mass is 312 g/mol. The molecule has 0 atom stereocenters. The topological polar surface area (TPSA) is 63.5 Å². The lowest BCUT2D eigenvalue weighted by atomic mass is 10.1. The largest absolute Gasteiger partial charge is 0.303 e. The van der Waals surface area contributed by atoms with Crippen LogP contribution in [-0.2, 0) is 11.3 Å². The van der Waals surface area contributed by atoms with Crippen LogP contribution >= 0.6 is 0 Å². The molecule has 0 bridgehead atoms. The van der Waals surface area contributed by atoms with E-state index in [-0.39, 0.29) is 23.4 Å². The molecular formula is C17H13FN2O3. The van der Waals surface area contributed by atoms with E-state index in [1.54, 1.807) is 0 Å². The summed E-state index contributed by atoms with van der Waals surface area (Å²) in [5.74, 6) is -1.02. The SMILES string of the molecule is C/C(=C1\C(=O)N(Cc2ccccc2)c2ccc(F)cc21)[N+](=O)[O-]. The van der Waals surface area contributed by atoms with Crippen molar-refractivity contribution in [3.63, 3.8) is 0 Å². The van der Waals surface area contributed by atoms with Crippen LogP contribution in [0, 0.1) is 15.9 Å². The average molecular weight is 312 g/mol. The van der Waals surface area contributed by atoms with E-state index < -0.39 is 16.6 Å². The Balaban J connectivity index is 2.12. The predicted molar refractivity (Wildman–Crippen MR) is 83.6 cm³/mol. The molecular weight excluding hydrogens is 299 g/mol. The molecule has 0 fully saturated rings. The van der Waals surface area contributed by atoms with Crippen LogP contribution in [0.5, 0.6) is 0 Å². The van der Waals surface area contributed by atoms with Gasteiger partial charge in [0.1, 0.15) is 11.4 Å². The standard InChI is InChI=1S/C17H13FN2O3/c1-11(20(22)23)16-14-9-13(18)7-8-15(14)19(17(16)21)10-12-5-3-2-4-6-12/h2-9H,10H2,1H3/b16-11+. The number of carbonyl (C=O) groups excluding carboxylic acids is 1. The van der Waals surface area contributed by atoms with Crippen molar-refractivity contribution in [1.82, 2.24) is 0 Å². The summed E-state index contributed by atoms with van der Waals surface area (Å²) in [7, 11) is 0. The second-order valence-electron chi connectivity index (χ2n) is 5.26. The minimum Gasteiger partial charge on any atom is -0.303 e. The number of rotatable bonds is 3. The van der Waals surface area contributed by atoms with Gasteiger partial charge in [-0.3, -0.25) is 14.9 Å². The molecule has 5 nitrogen and oxygen atoms in total. The van der Waals surface area contributed by atoms with Gasteiger partial charge in [0.15, 0.2) is 0 Å². The average Bonchev–Trinajstić information content (AvgIpc) is 2.79. The van der Waals surface area contributed by atoms with Gasteiger partial charge in [-0.1, -0.05) is 30.3 Å². The summed E-state index contributed by atoms with van der Waals surface area (Å²) < 4.78 is 13.6. The Bertz CT molecular complexity index is 831. The number of amides is 1. The van der Waals surface area contributed by atoms with Crippen molar-refractivity contribution in [2.24, 2.45) is 0 Å². The summed E-state index contributed by atoms with van der Waals surface area (Å²) in [5, 5.41) is 11.1. The highest BCUT2D eigenvalue weighted by atomic mass is 19.1. The normalized spacial score (nSPS) is 15.6. The fourth-order valence-corrected chi connectivity index (χ4v) is 2.67. The number of hydrogen-bond donors (Lipinski definition) is 0. The molecule has 2 aromatic carbocycles. The molecule has 23 heavy (non-hydrogen) atoms. The third kappa shape index (κ3) is 2.59. The molecule has 1 aliphatic rings. The first-order valence-electron chi connectivity index (χ1n) is 7.00. The van der Waals surface area contributed by atoms with Crippen molar-refractivity contribution < 1.29 is 14.1 Å². The molecule has 6 heteroatoms. The molecule has 116 valence electrons. The fourth-order valence-electron chi connectivity index (χ4n) is 2.67. The molecule has 0 aliphatic carbocycles. The molecule has 0 saturated heterocycles. The summed E-state index contributed by atoms with van der Waals surface area (Å²) in [6, 6.07) is 13.2. The summed E-state index contributed by atoms with van der Waals surface area (Å²) in [6.07, 6.45) is 0. The van der Waals surface area contributed by atoms with Crippen LogP contribution in [0.3, 0.4) is 0 Å². The Morgan fingerprint density at radius 3 is 2.57 bits per heavy atom. The van der Waals surface area contributed by atoms with Crippen LogP contribution in [0.1, 0.15) is 18.1 Å². The van der Waals surface area contributed by atoms with Gasteiger partial charge < -0.3 is 4.90 Å². The van der Waals surface area contributed by atoms with E-state index in [9.17, 15) is 19.3 Å². The van der Waals surface area contributed by atoms with E-state index in [2.05, 4.69) is 0 Å². The molecule has 1 heterocycles. The second-order valence-corrected chi connectivity index (χ2v) is 5.26. The van der Waals surface area contributed by atoms with Gasteiger partial charge in [0.25, 0.3) is 11.6 Å². The van der Waals surface area contributed by atoms with Crippen molar-refractivity contribution >= 4 is 17.2 Å². The van der Waals surface area contributed by atoms with Crippen LogP contribution in [0.4, 0.5) is 10.1 Å². The number of hydrogen-bond acceptors (Lipinski definition) is 3. The van der Waals surface area contributed by atoms with E-state index in [1.165, 1.54) is 30.0 Å². The van der Waals surface area contributed by atoms with Crippen LogP contribution in [-0.4, -0.2) is 10.8 Å². The maximum Gasteiger partial charge on any atom is 0.265 e. The van der Waals surface area contributed by atoms with Crippen LogP contribution in [0.2, 0.25) is 0 Å². The quantitative estimate of drug-likeness (QED) is 0.496. The van der Waals surface area contributed by atoms with Gasteiger partial charge in [-0.25, -0.2) is 4.39 Å². The maximum atomic E-state index is 13.6. The maximum absolute atomic E-state index is 13.6. The number of carbonyl (C=O) groups is 1. The van der Waals surface area contributed by atoms with E-state index in [4.69, 9.17) is 0 Å². The van der Waals surface area contributed by atoms with Gasteiger partial charge in [0.2, 0.25) is 0 Å². The third-order valence-electron chi connectivity index (χ3n) is 3.80. The highest BCUT2D eigenvalue weighted by Crippen LogP contribution is 2.39. The molecule has 0 aromatic heterocycles. The summed E-state index contributed by atoms with van der Waals surface area (Å²) in [5.41, 5.74) is 1.30. The first kappa shape index (κ1) is 14.9. The highest BCUT2D eigenvalue weighted by Gasteiger charge is 2.37. The van der Waals surface area contributed by atoms with E-state index in [0.29, 0.717) is 5.69 Å². The van der Waals surface area contributed by atoms with Crippen LogP contribution in [0.25, 0.3) is 5.57 Å². The second kappa shape index (κ2) is 5.64. The summed E-state index contributed by atoms with van der Waals surface area (Å²) >= 11 is 0. The van der Waals surface area contributed by atoms with Gasteiger partial charge in [-0.2, -0.15) is 0 Å². The molecule has 0 radical (unpaired) electrons. The Morgan fingerprint density at radius 1 is 1.22 bits per heavy atom. The zero-order valence-electron chi connectivity index (χ0n) is 12.3. The van der Waals surface area contributed by atoms with Gasteiger partial charge in [0.05, 0.1) is 17.2 Å². The first-order valence-corrected chi connectivity index (χ1v) is 7.00. The molecule has 0 unspecified atom stereocenters. The molecule has 1 aliphatic heterocycles. The number of fused-ring (bicyclic) bond motifs is 1. The number of nitro groups is 1. The minimum atomic E-state index is -0.617. The van der Waals surface area contributed by atoms with Crippen LogP contribution < -0.4 is 4.90 Å². The molecule has 2 aromatic rings. The first-order chi connectivity index (χ1) is 11.0. The number of allylic oxidation sites excluding steroid dienone is 1. The number of halogens is 1. The van der Waals surface area contributed by atoms with Gasteiger partial charge in [0, 0.05) is 12.5 Å².